The fourth-order valence-electron chi connectivity index (χ4n) is 1.15. The molecule has 1 heterocycles. The van der Waals surface area contributed by atoms with Crippen molar-refractivity contribution >= 4 is 21.4 Å². The van der Waals surface area contributed by atoms with Gasteiger partial charge >= 0.3 is 0 Å². The molecule has 4 nitrogen and oxygen atoms in total. The van der Waals surface area contributed by atoms with Crippen LogP contribution >= 0.6 is 11.3 Å². The summed E-state index contributed by atoms with van der Waals surface area (Å²) in [6.07, 6.45) is 0.756. The van der Waals surface area contributed by atoms with Crippen LogP contribution in [0.3, 0.4) is 0 Å². The molecule has 1 aromatic rings. The minimum absolute atomic E-state index is 0.0439. The Bertz CT molecular complexity index is 499. The van der Waals surface area contributed by atoms with Crippen LogP contribution in [0.5, 0.6) is 0 Å². The summed E-state index contributed by atoms with van der Waals surface area (Å²) in [5, 5.41) is 8.66. The first-order valence-corrected chi connectivity index (χ1v) is 7.17. The molecule has 1 aromatic heterocycles. The van der Waals surface area contributed by atoms with E-state index in [4.69, 9.17) is 5.26 Å². The van der Waals surface area contributed by atoms with Gasteiger partial charge in [-0.1, -0.05) is 6.92 Å². The Labute approximate surface area is 100 Å². The molecule has 1 rings (SSSR count). The van der Waals surface area contributed by atoms with E-state index < -0.39 is 10.0 Å². The highest BCUT2D eigenvalue weighted by Crippen LogP contribution is 2.25. The molecule has 0 fully saturated rings. The van der Waals surface area contributed by atoms with Gasteiger partial charge in [0.15, 0.2) is 0 Å². The van der Waals surface area contributed by atoms with E-state index >= 15 is 0 Å². The molecular weight excluding hydrogens is 244 g/mol. The van der Waals surface area contributed by atoms with E-state index in [0.717, 1.165) is 17.8 Å². The largest absolute Gasteiger partial charge is 0.252 e. The van der Waals surface area contributed by atoms with Gasteiger partial charge in [0, 0.05) is 13.1 Å². The lowest BCUT2D eigenvalue weighted by atomic mass is 10.3. The third-order valence-electron chi connectivity index (χ3n) is 2.54. The standard InChI is InChI=1S/C10H14N2O2S2/c1-4-8(2)12(3)16(13,14)10-6-5-9(7-11)15-10/h5-6,8H,4H2,1-3H3. The molecule has 0 aliphatic carbocycles. The Hall–Kier alpha value is -0.900. The van der Waals surface area contributed by atoms with Gasteiger partial charge < -0.3 is 0 Å². The second kappa shape index (κ2) is 4.95. The quantitative estimate of drug-likeness (QED) is 0.830. The van der Waals surface area contributed by atoms with Crippen molar-refractivity contribution in [2.75, 3.05) is 7.05 Å². The second-order valence-corrected chi connectivity index (χ2v) is 6.82. The molecule has 88 valence electrons. The molecule has 0 aromatic carbocycles. The summed E-state index contributed by atoms with van der Waals surface area (Å²) in [6.45, 7) is 3.79. The Morgan fingerprint density at radius 1 is 1.56 bits per heavy atom. The molecule has 0 amide bonds. The molecule has 0 saturated heterocycles. The summed E-state index contributed by atoms with van der Waals surface area (Å²) in [5.74, 6) is 0. The number of sulfonamides is 1. The van der Waals surface area contributed by atoms with Crippen molar-refractivity contribution in [2.24, 2.45) is 0 Å². The Kier molecular flexibility index (Phi) is 4.08. The molecule has 0 bridgehead atoms. The highest BCUT2D eigenvalue weighted by Gasteiger charge is 2.25. The molecule has 0 spiro atoms. The van der Waals surface area contributed by atoms with Crippen molar-refractivity contribution in [1.29, 1.82) is 5.26 Å². The molecule has 1 unspecified atom stereocenters. The van der Waals surface area contributed by atoms with Gasteiger partial charge in [-0.3, -0.25) is 0 Å². The fraction of sp³-hybridized carbons (Fsp3) is 0.500. The van der Waals surface area contributed by atoms with Gasteiger partial charge in [-0.05, 0) is 25.5 Å². The lowest BCUT2D eigenvalue weighted by Crippen LogP contribution is -2.34. The van der Waals surface area contributed by atoms with Crippen LogP contribution in [-0.2, 0) is 10.0 Å². The highest BCUT2D eigenvalue weighted by molar-refractivity contribution is 7.91. The van der Waals surface area contributed by atoms with Gasteiger partial charge in [-0.2, -0.15) is 9.57 Å². The summed E-state index contributed by atoms with van der Waals surface area (Å²) in [4.78, 5) is 0.413. The number of rotatable bonds is 4. The minimum Gasteiger partial charge on any atom is -0.206 e. The molecular formula is C10H14N2O2S2. The lowest BCUT2D eigenvalue weighted by Gasteiger charge is -2.22. The summed E-state index contributed by atoms with van der Waals surface area (Å²) in [7, 11) is -1.87. The molecule has 16 heavy (non-hydrogen) atoms. The van der Waals surface area contributed by atoms with E-state index in [0.29, 0.717) is 4.88 Å². The molecule has 0 aliphatic heterocycles. The van der Waals surface area contributed by atoms with Crippen LogP contribution < -0.4 is 0 Å². The van der Waals surface area contributed by atoms with Crippen LogP contribution in [0, 0.1) is 11.3 Å². The molecule has 6 heteroatoms. The van der Waals surface area contributed by atoms with Crippen LogP contribution in [-0.4, -0.2) is 25.8 Å². The smallest absolute Gasteiger partial charge is 0.206 e. The van der Waals surface area contributed by atoms with Crippen molar-refractivity contribution in [3.63, 3.8) is 0 Å². The van der Waals surface area contributed by atoms with Crippen LogP contribution in [0.1, 0.15) is 25.1 Å². The van der Waals surface area contributed by atoms with Gasteiger partial charge in [0.1, 0.15) is 15.2 Å². The van der Waals surface area contributed by atoms with E-state index in [2.05, 4.69) is 0 Å². The molecule has 0 N–H and O–H groups in total. The van der Waals surface area contributed by atoms with Crippen molar-refractivity contribution in [2.45, 2.75) is 30.5 Å². The van der Waals surface area contributed by atoms with Gasteiger partial charge in [0.2, 0.25) is 0 Å². The number of nitrogens with zero attached hydrogens (tertiary/aromatic N) is 2. The van der Waals surface area contributed by atoms with Crippen molar-refractivity contribution in [3.8, 4) is 6.07 Å². The average Bonchev–Trinajstić information content (AvgIpc) is 2.75. The third-order valence-corrected chi connectivity index (χ3v) is 5.97. The predicted molar refractivity (Wildman–Crippen MR) is 63.7 cm³/mol. The zero-order valence-corrected chi connectivity index (χ0v) is 11.1. The number of nitriles is 1. The van der Waals surface area contributed by atoms with Gasteiger partial charge in [0.25, 0.3) is 10.0 Å². The Morgan fingerprint density at radius 2 is 2.19 bits per heavy atom. The zero-order chi connectivity index (χ0) is 12.3. The SMILES string of the molecule is CCC(C)N(C)S(=O)(=O)c1ccc(C#N)s1. The zero-order valence-electron chi connectivity index (χ0n) is 9.47. The van der Waals surface area contributed by atoms with Crippen LogP contribution in [0.15, 0.2) is 16.3 Å². The molecule has 0 aliphatic rings. The van der Waals surface area contributed by atoms with E-state index in [-0.39, 0.29) is 10.3 Å². The van der Waals surface area contributed by atoms with E-state index in [1.165, 1.54) is 16.4 Å². The fourth-order valence-corrected chi connectivity index (χ4v) is 3.88. The maximum Gasteiger partial charge on any atom is 0.252 e. The summed E-state index contributed by atoms with van der Waals surface area (Å²) < 4.78 is 25.8. The van der Waals surface area contributed by atoms with Crippen LogP contribution in [0.2, 0.25) is 0 Å². The monoisotopic (exact) mass is 258 g/mol. The number of thiophene rings is 1. The van der Waals surface area contributed by atoms with Crippen LogP contribution in [0.25, 0.3) is 0 Å². The second-order valence-electron chi connectivity index (χ2n) is 3.51. The van der Waals surface area contributed by atoms with E-state index in [1.807, 2.05) is 19.9 Å². The highest BCUT2D eigenvalue weighted by atomic mass is 32.2. The third kappa shape index (κ3) is 2.43. The van der Waals surface area contributed by atoms with Gasteiger partial charge in [-0.15, -0.1) is 11.3 Å². The topological polar surface area (TPSA) is 61.2 Å². The molecule has 0 radical (unpaired) electrons. The first-order chi connectivity index (χ1) is 7.43. The first kappa shape index (κ1) is 13.2. The first-order valence-electron chi connectivity index (χ1n) is 4.91. The number of hydrogen-bond donors (Lipinski definition) is 0. The van der Waals surface area contributed by atoms with Crippen molar-refractivity contribution in [1.82, 2.24) is 4.31 Å². The van der Waals surface area contributed by atoms with Gasteiger partial charge in [-0.25, -0.2) is 8.42 Å². The van der Waals surface area contributed by atoms with E-state index in [9.17, 15) is 8.42 Å². The summed E-state index contributed by atoms with van der Waals surface area (Å²) in [5.41, 5.74) is 0. The van der Waals surface area contributed by atoms with Crippen molar-refractivity contribution < 1.29 is 8.42 Å². The molecule has 0 saturated carbocycles. The van der Waals surface area contributed by atoms with Gasteiger partial charge in [0.05, 0.1) is 0 Å². The Balaban J connectivity index is 3.07. The Morgan fingerprint density at radius 3 is 2.62 bits per heavy atom. The minimum atomic E-state index is -3.44. The maximum absolute atomic E-state index is 12.1. The predicted octanol–water partition coefficient (Wildman–Crippen LogP) is 2.04. The summed E-state index contributed by atoms with van der Waals surface area (Å²) in [6, 6.07) is 4.91. The van der Waals surface area contributed by atoms with Crippen LogP contribution in [0.4, 0.5) is 0 Å². The molecule has 1 atom stereocenters. The number of hydrogen-bond acceptors (Lipinski definition) is 4. The summed E-state index contributed by atoms with van der Waals surface area (Å²) >= 11 is 1.01. The average molecular weight is 258 g/mol. The van der Waals surface area contributed by atoms with Crippen molar-refractivity contribution in [3.05, 3.63) is 17.0 Å². The maximum atomic E-state index is 12.1. The normalized spacial score (nSPS) is 13.7. The lowest BCUT2D eigenvalue weighted by molar-refractivity contribution is 0.381. The van der Waals surface area contributed by atoms with E-state index in [1.54, 1.807) is 7.05 Å².